The highest BCUT2D eigenvalue weighted by molar-refractivity contribution is 5.99. The van der Waals surface area contributed by atoms with Gasteiger partial charge in [0.15, 0.2) is 11.4 Å². The number of carbonyl (C=O) groups excluding carboxylic acids is 1. The van der Waals surface area contributed by atoms with E-state index in [-0.39, 0.29) is 5.92 Å². The van der Waals surface area contributed by atoms with Crippen LogP contribution in [0.4, 0.5) is 0 Å². The highest BCUT2D eigenvalue weighted by atomic mass is 16.5. The first kappa shape index (κ1) is 12.3. The van der Waals surface area contributed by atoms with Gasteiger partial charge in [-0.3, -0.25) is 4.79 Å². The number of fused-ring (bicyclic) bond motifs is 1. The summed E-state index contributed by atoms with van der Waals surface area (Å²) in [5.41, 5.74) is -0.933. The van der Waals surface area contributed by atoms with Crippen LogP contribution in [0.2, 0.25) is 0 Å². The molecule has 0 radical (unpaired) electrons. The Morgan fingerprint density at radius 3 is 2.88 bits per heavy atom. The molecule has 4 nitrogen and oxygen atoms in total. The van der Waals surface area contributed by atoms with Gasteiger partial charge in [0.25, 0.3) is 0 Å². The van der Waals surface area contributed by atoms with Crippen molar-refractivity contribution in [1.82, 2.24) is 0 Å². The third-order valence-corrected chi connectivity index (χ3v) is 3.45. The van der Waals surface area contributed by atoms with Crippen LogP contribution in [0.25, 0.3) is 0 Å². The van der Waals surface area contributed by atoms with Gasteiger partial charge in [-0.25, -0.2) is 0 Å². The van der Waals surface area contributed by atoms with Crippen LogP contribution in [0.3, 0.4) is 0 Å². The van der Waals surface area contributed by atoms with Crippen molar-refractivity contribution >= 4 is 5.78 Å². The molecule has 0 fully saturated rings. The Balaban J connectivity index is 2.32. The molecule has 17 heavy (non-hydrogen) atoms. The average molecular weight is 238 g/mol. The molecule has 0 amide bonds. The summed E-state index contributed by atoms with van der Waals surface area (Å²) in [6.45, 7) is 3.72. The van der Waals surface area contributed by atoms with Crippen LogP contribution in [0, 0.1) is 5.92 Å². The lowest BCUT2D eigenvalue weighted by Gasteiger charge is -2.39. The minimum atomic E-state index is -1.70. The van der Waals surface area contributed by atoms with Crippen LogP contribution < -0.4 is 0 Å². The zero-order valence-electron chi connectivity index (χ0n) is 10.1. The molecule has 0 saturated carbocycles. The van der Waals surface area contributed by atoms with Crippen molar-refractivity contribution in [1.29, 1.82) is 0 Å². The molecule has 1 heterocycles. The second kappa shape index (κ2) is 4.27. The van der Waals surface area contributed by atoms with Gasteiger partial charge >= 0.3 is 0 Å². The molecule has 4 heteroatoms. The highest BCUT2D eigenvalue weighted by Crippen LogP contribution is 2.35. The SMILES string of the molecule is CCCC1=CC2=CC(=O)[C@](C)(O)[C@@H](O)[C@@H]2CO1. The van der Waals surface area contributed by atoms with Crippen molar-refractivity contribution in [3.8, 4) is 0 Å². The second-order valence-electron chi connectivity index (χ2n) is 4.88. The minimum absolute atomic E-state index is 0.316. The standard InChI is InChI=1S/C13H18O4/c1-3-4-9-5-8-6-11(14)13(2,16)12(15)10(8)7-17-9/h5-6,10,12,15-16H,3-4,7H2,1-2H3/t10-,12+,13+/m1/s1. The minimum Gasteiger partial charge on any atom is -0.497 e. The predicted octanol–water partition coefficient (Wildman–Crippen LogP) is 0.938. The fourth-order valence-electron chi connectivity index (χ4n) is 2.28. The molecule has 1 aliphatic carbocycles. The summed E-state index contributed by atoms with van der Waals surface area (Å²) in [5.74, 6) is 0.0881. The van der Waals surface area contributed by atoms with E-state index in [0.29, 0.717) is 6.61 Å². The van der Waals surface area contributed by atoms with Gasteiger partial charge in [-0.1, -0.05) is 6.92 Å². The molecule has 1 aliphatic heterocycles. The van der Waals surface area contributed by atoms with Gasteiger partial charge in [0.2, 0.25) is 0 Å². The lowest BCUT2D eigenvalue weighted by atomic mass is 9.75. The van der Waals surface area contributed by atoms with Gasteiger partial charge in [0.05, 0.1) is 18.5 Å². The maximum Gasteiger partial charge on any atom is 0.189 e. The summed E-state index contributed by atoms with van der Waals surface area (Å²) in [6.07, 6.45) is 3.93. The molecule has 2 N–H and O–H groups in total. The van der Waals surface area contributed by atoms with Gasteiger partial charge in [-0.2, -0.15) is 0 Å². The first-order chi connectivity index (χ1) is 7.96. The number of carbonyl (C=O) groups is 1. The molecule has 0 aromatic rings. The van der Waals surface area contributed by atoms with Gasteiger partial charge in [-0.05, 0) is 31.1 Å². The number of aliphatic hydroxyl groups excluding tert-OH is 1. The third-order valence-electron chi connectivity index (χ3n) is 3.45. The zero-order valence-corrected chi connectivity index (χ0v) is 10.1. The van der Waals surface area contributed by atoms with Crippen LogP contribution >= 0.6 is 0 Å². The van der Waals surface area contributed by atoms with E-state index in [1.807, 2.05) is 6.08 Å². The molecule has 0 saturated heterocycles. The Labute approximate surface area is 101 Å². The first-order valence-electron chi connectivity index (χ1n) is 5.96. The molecular weight excluding hydrogens is 220 g/mol. The largest absolute Gasteiger partial charge is 0.497 e. The maximum atomic E-state index is 11.7. The zero-order chi connectivity index (χ0) is 12.6. The molecule has 0 bridgehead atoms. The van der Waals surface area contributed by atoms with Crippen LogP contribution in [-0.2, 0) is 9.53 Å². The monoisotopic (exact) mass is 238 g/mol. The number of ether oxygens (including phenoxy) is 1. The van der Waals surface area contributed by atoms with Crippen molar-refractivity contribution in [2.24, 2.45) is 5.92 Å². The second-order valence-corrected chi connectivity index (χ2v) is 4.88. The number of allylic oxidation sites excluding steroid dienone is 2. The van der Waals surface area contributed by atoms with E-state index in [1.54, 1.807) is 0 Å². The van der Waals surface area contributed by atoms with E-state index < -0.39 is 17.5 Å². The smallest absolute Gasteiger partial charge is 0.189 e. The molecular formula is C13H18O4. The molecule has 3 atom stereocenters. The van der Waals surface area contributed by atoms with Gasteiger partial charge in [-0.15, -0.1) is 0 Å². The van der Waals surface area contributed by atoms with Crippen LogP contribution in [0.5, 0.6) is 0 Å². The summed E-state index contributed by atoms with van der Waals surface area (Å²) in [4.78, 5) is 11.7. The Hall–Kier alpha value is -1.13. The summed E-state index contributed by atoms with van der Waals surface area (Å²) in [5, 5.41) is 19.9. The van der Waals surface area contributed by atoms with E-state index >= 15 is 0 Å². The number of hydrogen-bond acceptors (Lipinski definition) is 4. The van der Waals surface area contributed by atoms with E-state index in [1.165, 1.54) is 13.0 Å². The molecule has 0 unspecified atom stereocenters. The topological polar surface area (TPSA) is 66.8 Å². The van der Waals surface area contributed by atoms with E-state index in [2.05, 4.69) is 6.92 Å². The van der Waals surface area contributed by atoms with Crippen molar-refractivity contribution in [3.63, 3.8) is 0 Å². The van der Waals surface area contributed by atoms with E-state index in [4.69, 9.17) is 4.74 Å². The molecule has 0 spiro atoms. The van der Waals surface area contributed by atoms with Gasteiger partial charge < -0.3 is 14.9 Å². The van der Waals surface area contributed by atoms with E-state index in [0.717, 1.165) is 24.2 Å². The normalized spacial score (nSPS) is 36.8. The Bertz CT molecular complexity index is 392. The predicted molar refractivity (Wildman–Crippen MR) is 62.2 cm³/mol. The molecule has 0 aromatic carbocycles. The third kappa shape index (κ3) is 2.03. The number of hydrogen-bond donors (Lipinski definition) is 2. The lowest BCUT2D eigenvalue weighted by Crippen LogP contribution is -2.54. The van der Waals surface area contributed by atoms with Gasteiger partial charge in [0, 0.05) is 12.3 Å². The summed E-state index contributed by atoms with van der Waals surface area (Å²) >= 11 is 0. The number of rotatable bonds is 2. The fourth-order valence-corrected chi connectivity index (χ4v) is 2.28. The first-order valence-corrected chi connectivity index (χ1v) is 5.96. The van der Waals surface area contributed by atoms with E-state index in [9.17, 15) is 15.0 Å². The highest BCUT2D eigenvalue weighted by Gasteiger charge is 2.47. The van der Waals surface area contributed by atoms with Gasteiger partial charge in [0.1, 0.15) is 0 Å². The van der Waals surface area contributed by atoms with Crippen LogP contribution in [0.15, 0.2) is 23.5 Å². The van der Waals surface area contributed by atoms with Crippen LogP contribution in [-0.4, -0.2) is 34.3 Å². The van der Waals surface area contributed by atoms with Crippen molar-refractivity contribution in [3.05, 3.63) is 23.5 Å². The Kier molecular flexibility index (Phi) is 3.10. The molecule has 2 rings (SSSR count). The van der Waals surface area contributed by atoms with Crippen LogP contribution in [0.1, 0.15) is 26.7 Å². The number of aliphatic hydroxyl groups is 2. The summed E-state index contributed by atoms with van der Waals surface area (Å²) in [6, 6.07) is 0. The molecule has 2 aliphatic rings. The molecule has 0 aromatic heterocycles. The van der Waals surface area contributed by atoms with Crippen molar-refractivity contribution in [2.45, 2.75) is 38.4 Å². The molecule has 94 valence electrons. The lowest BCUT2D eigenvalue weighted by molar-refractivity contribution is -0.150. The van der Waals surface area contributed by atoms with Crippen molar-refractivity contribution in [2.75, 3.05) is 6.61 Å². The summed E-state index contributed by atoms with van der Waals surface area (Å²) in [7, 11) is 0. The summed E-state index contributed by atoms with van der Waals surface area (Å²) < 4.78 is 5.52. The number of ketones is 1. The maximum absolute atomic E-state index is 11.7. The average Bonchev–Trinajstić information content (AvgIpc) is 2.27. The Morgan fingerprint density at radius 1 is 1.53 bits per heavy atom. The fraction of sp³-hybridized carbons (Fsp3) is 0.615. The Morgan fingerprint density at radius 2 is 2.24 bits per heavy atom. The quantitative estimate of drug-likeness (QED) is 0.751. The van der Waals surface area contributed by atoms with Crippen molar-refractivity contribution < 1.29 is 19.7 Å².